The molecule has 2 aromatic carbocycles. The Labute approximate surface area is 151 Å². The maximum absolute atomic E-state index is 13.5. The third-order valence-corrected chi connectivity index (χ3v) is 15.9. The van der Waals surface area contributed by atoms with Gasteiger partial charge in [0, 0.05) is 6.61 Å². The average molecular weight is 375 g/mol. The van der Waals surface area contributed by atoms with Gasteiger partial charge in [0.25, 0.3) is 0 Å². The molecular formula is C20H26O3SSi. The molecule has 1 unspecified atom stereocenters. The van der Waals surface area contributed by atoms with Gasteiger partial charge in [-0.15, -0.1) is 0 Å². The van der Waals surface area contributed by atoms with Crippen molar-refractivity contribution in [1.29, 1.82) is 0 Å². The SMILES string of the molecule is C[Si](C)(C(CCO)c1ccccc1)C1(S(=O)(=O)c2ccccc2)CC1. The summed E-state index contributed by atoms with van der Waals surface area (Å²) in [5.41, 5.74) is 1.28. The van der Waals surface area contributed by atoms with E-state index in [0.717, 1.165) is 18.4 Å². The smallest absolute Gasteiger partial charge is 0.181 e. The number of hydrogen-bond donors (Lipinski definition) is 1. The predicted molar refractivity (Wildman–Crippen MR) is 104 cm³/mol. The number of sulfone groups is 1. The quantitative estimate of drug-likeness (QED) is 0.747. The number of benzene rings is 2. The summed E-state index contributed by atoms with van der Waals surface area (Å²) in [7, 11) is -5.65. The van der Waals surface area contributed by atoms with E-state index in [1.165, 1.54) is 0 Å². The highest BCUT2D eigenvalue weighted by molar-refractivity contribution is 7.95. The molecule has 0 aromatic heterocycles. The molecule has 0 heterocycles. The second-order valence-corrected chi connectivity index (χ2v) is 15.2. The molecule has 3 rings (SSSR count). The van der Waals surface area contributed by atoms with Crippen molar-refractivity contribution in [3.63, 3.8) is 0 Å². The fourth-order valence-electron chi connectivity index (χ4n) is 4.27. The minimum absolute atomic E-state index is 0.0808. The Morgan fingerprint density at radius 3 is 2.00 bits per heavy atom. The molecule has 1 aliphatic carbocycles. The zero-order valence-electron chi connectivity index (χ0n) is 14.9. The van der Waals surface area contributed by atoms with Crippen LogP contribution in [0.4, 0.5) is 0 Å². The molecule has 3 nitrogen and oxygen atoms in total. The Hall–Kier alpha value is -1.43. The van der Waals surface area contributed by atoms with Crippen LogP contribution in [0.15, 0.2) is 65.6 Å². The minimum Gasteiger partial charge on any atom is -0.396 e. The fourth-order valence-corrected chi connectivity index (χ4v) is 13.4. The maximum Gasteiger partial charge on any atom is 0.181 e. The topological polar surface area (TPSA) is 54.4 Å². The van der Waals surface area contributed by atoms with Crippen LogP contribution in [0.25, 0.3) is 0 Å². The Morgan fingerprint density at radius 1 is 1.00 bits per heavy atom. The zero-order chi connectivity index (χ0) is 18.1. The fraction of sp³-hybridized carbons (Fsp3) is 0.400. The van der Waals surface area contributed by atoms with Gasteiger partial charge < -0.3 is 5.11 Å². The van der Waals surface area contributed by atoms with E-state index in [1.54, 1.807) is 24.3 Å². The summed E-state index contributed by atoms with van der Waals surface area (Å²) in [6.07, 6.45) is 2.09. The average Bonchev–Trinajstić information content (AvgIpc) is 3.44. The van der Waals surface area contributed by atoms with Gasteiger partial charge in [0.2, 0.25) is 0 Å². The number of rotatable bonds is 7. The Bertz CT molecular complexity index is 813. The van der Waals surface area contributed by atoms with Crippen LogP contribution in [0.5, 0.6) is 0 Å². The van der Waals surface area contributed by atoms with Gasteiger partial charge in [-0.25, -0.2) is 8.42 Å². The predicted octanol–water partition coefficient (Wildman–Crippen LogP) is 3.95. The van der Waals surface area contributed by atoms with Crippen LogP contribution < -0.4 is 0 Å². The summed E-state index contributed by atoms with van der Waals surface area (Å²) in [6, 6.07) is 19.0. The summed E-state index contributed by atoms with van der Waals surface area (Å²) < 4.78 is 26.3. The second kappa shape index (κ2) is 6.70. The summed E-state index contributed by atoms with van der Waals surface area (Å²) in [5, 5.41) is 9.64. The normalized spacial score (nSPS) is 17.9. The first kappa shape index (κ1) is 18.4. The highest BCUT2D eigenvalue weighted by atomic mass is 32.2. The van der Waals surface area contributed by atoms with Crippen molar-refractivity contribution in [2.45, 2.75) is 47.2 Å². The summed E-state index contributed by atoms with van der Waals surface area (Å²) in [4.78, 5) is 0.434. The van der Waals surface area contributed by atoms with Gasteiger partial charge in [-0.1, -0.05) is 61.6 Å². The maximum atomic E-state index is 13.5. The van der Waals surface area contributed by atoms with Gasteiger partial charge in [-0.2, -0.15) is 0 Å². The summed E-state index contributed by atoms with van der Waals surface area (Å²) in [5.74, 6) is 0. The van der Waals surface area contributed by atoms with Crippen LogP contribution in [0.3, 0.4) is 0 Å². The second-order valence-electron chi connectivity index (χ2n) is 7.51. The molecule has 2 aromatic rings. The van der Waals surface area contributed by atoms with Crippen molar-refractivity contribution < 1.29 is 13.5 Å². The molecule has 0 radical (unpaired) electrons. The lowest BCUT2D eigenvalue weighted by Gasteiger charge is -2.40. The van der Waals surface area contributed by atoms with E-state index in [2.05, 4.69) is 25.2 Å². The van der Waals surface area contributed by atoms with Crippen molar-refractivity contribution >= 4 is 17.9 Å². The molecule has 5 heteroatoms. The van der Waals surface area contributed by atoms with Crippen LogP contribution in [-0.2, 0) is 9.84 Å². The highest BCUT2D eigenvalue weighted by Gasteiger charge is 2.66. The van der Waals surface area contributed by atoms with E-state index in [9.17, 15) is 13.5 Å². The van der Waals surface area contributed by atoms with Gasteiger partial charge >= 0.3 is 0 Å². The van der Waals surface area contributed by atoms with E-state index in [1.807, 2.05) is 24.3 Å². The molecule has 1 N–H and O–H groups in total. The lowest BCUT2D eigenvalue weighted by Crippen LogP contribution is -2.54. The first-order valence-electron chi connectivity index (χ1n) is 8.82. The van der Waals surface area contributed by atoms with E-state index >= 15 is 0 Å². The van der Waals surface area contributed by atoms with E-state index < -0.39 is 22.3 Å². The third kappa shape index (κ3) is 2.98. The number of aliphatic hydroxyl groups excluding tert-OH is 1. The Kier molecular flexibility index (Phi) is 4.92. The molecular weight excluding hydrogens is 348 g/mol. The molecule has 0 amide bonds. The molecule has 1 saturated carbocycles. The van der Waals surface area contributed by atoms with Crippen molar-refractivity contribution in [2.24, 2.45) is 0 Å². The Morgan fingerprint density at radius 2 is 1.52 bits per heavy atom. The number of hydrogen-bond acceptors (Lipinski definition) is 3. The van der Waals surface area contributed by atoms with Crippen molar-refractivity contribution in [3.8, 4) is 0 Å². The first-order valence-corrected chi connectivity index (χ1v) is 13.4. The Balaban J connectivity index is 2.06. The van der Waals surface area contributed by atoms with Gasteiger partial charge in [0.05, 0.1) is 17.3 Å². The molecule has 0 saturated heterocycles. The molecule has 0 aliphatic heterocycles. The van der Waals surface area contributed by atoms with Gasteiger partial charge in [0.15, 0.2) is 9.84 Å². The van der Waals surface area contributed by atoms with Gasteiger partial charge in [-0.3, -0.25) is 0 Å². The summed E-state index contributed by atoms with van der Waals surface area (Å²) in [6.45, 7) is 4.46. The van der Waals surface area contributed by atoms with Gasteiger partial charge in [-0.05, 0) is 42.5 Å². The van der Waals surface area contributed by atoms with Crippen molar-refractivity contribution in [1.82, 2.24) is 0 Å². The lowest BCUT2D eigenvalue weighted by molar-refractivity contribution is 0.285. The molecule has 0 spiro atoms. The third-order valence-electron chi connectivity index (χ3n) is 5.94. The van der Waals surface area contributed by atoms with E-state index in [4.69, 9.17) is 0 Å². The van der Waals surface area contributed by atoms with Crippen LogP contribution in [0.1, 0.15) is 30.4 Å². The van der Waals surface area contributed by atoms with Crippen LogP contribution >= 0.6 is 0 Å². The zero-order valence-corrected chi connectivity index (χ0v) is 16.7. The lowest BCUT2D eigenvalue weighted by atomic mass is 10.1. The number of aliphatic hydroxyl groups is 1. The van der Waals surface area contributed by atoms with Crippen molar-refractivity contribution in [3.05, 3.63) is 66.2 Å². The van der Waals surface area contributed by atoms with Gasteiger partial charge in [0.1, 0.15) is 0 Å². The van der Waals surface area contributed by atoms with Crippen LogP contribution in [-0.4, -0.2) is 32.6 Å². The largest absolute Gasteiger partial charge is 0.396 e. The standard InChI is InChI=1S/C20H26O3SSi/c1-25(2,19(13-16-21)17-9-5-3-6-10-17)20(14-15-20)24(22,23)18-11-7-4-8-12-18/h3-12,19,21H,13-16H2,1-2H3. The molecule has 1 fully saturated rings. The molecule has 1 aliphatic rings. The van der Waals surface area contributed by atoms with E-state index in [-0.39, 0.29) is 12.1 Å². The van der Waals surface area contributed by atoms with E-state index in [0.29, 0.717) is 11.3 Å². The molecule has 25 heavy (non-hydrogen) atoms. The molecule has 1 atom stereocenters. The minimum atomic E-state index is -3.38. The van der Waals surface area contributed by atoms with Crippen LogP contribution in [0, 0.1) is 0 Å². The van der Waals surface area contributed by atoms with Crippen molar-refractivity contribution in [2.75, 3.05) is 6.61 Å². The monoisotopic (exact) mass is 374 g/mol. The summed E-state index contributed by atoms with van der Waals surface area (Å²) >= 11 is 0. The molecule has 0 bridgehead atoms. The van der Waals surface area contributed by atoms with Crippen LogP contribution in [0.2, 0.25) is 13.1 Å². The first-order chi connectivity index (χ1) is 11.9. The molecule has 134 valence electrons. The highest BCUT2D eigenvalue weighted by Crippen LogP contribution is 2.57.